The molecular weight excluding hydrogens is 245 g/mol. The minimum atomic E-state index is -0.502. The molecule has 0 radical (unpaired) electrons. The van der Waals surface area contributed by atoms with Crippen molar-refractivity contribution in [1.82, 2.24) is 4.90 Å². The van der Waals surface area contributed by atoms with Crippen molar-refractivity contribution in [2.45, 2.75) is 25.9 Å². The lowest BCUT2D eigenvalue weighted by molar-refractivity contribution is -0.127. The quantitative estimate of drug-likeness (QED) is 0.803. The highest BCUT2D eigenvalue weighted by Crippen LogP contribution is 2.28. The van der Waals surface area contributed by atoms with E-state index in [4.69, 9.17) is 4.74 Å². The van der Waals surface area contributed by atoms with Gasteiger partial charge in [-0.1, -0.05) is 13.8 Å². The van der Waals surface area contributed by atoms with Crippen LogP contribution in [0.2, 0.25) is 0 Å². The average molecular weight is 267 g/mol. The molecule has 1 N–H and O–H groups in total. The van der Waals surface area contributed by atoms with Crippen molar-refractivity contribution in [2.75, 3.05) is 26.2 Å². The zero-order chi connectivity index (χ0) is 13.9. The van der Waals surface area contributed by atoms with Gasteiger partial charge in [-0.25, -0.2) is 4.39 Å². The smallest absolute Gasteiger partial charge is 0.123 e. The summed E-state index contributed by atoms with van der Waals surface area (Å²) in [5, 5.41) is 10.1. The second-order valence-electron chi connectivity index (χ2n) is 5.62. The Morgan fingerprint density at radius 2 is 1.95 bits per heavy atom. The maximum absolute atomic E-state index is 12.7. The Morgan fingerprint density at radius 1 is 1.32 bits per heavy atom. The van der Waals surface area contributed by atoms with Crippen LogP contribution in [0.5, 0.6) is 5.75 Å². The van der Waals surface area contributed by atoms with Crippen LogP contribution in [-0.4, -0.2) is 41.8 Å². The Kier molecular flexibility index (Phi) is 4.42. The Balaban J connectivity index is 1.60. The maximum atomic E-state index is 12.7. The van der Waals surface area contributed by atoms with Gasteiger partial charge in [0.05, 0.1) is 12.2 Å². The second kappa shape index (κ2) is 5.88. The summed E-state index contributed by atoms with van der Waals surface area (Å²) < 4.78 is 18.2. The first-order valence-electron chi connectivity index (χ1n) is 6.83. The fourth-order valence-corrected chi connectivity index (χ4v) is 2.26. The van der Waals surface area contributed by atoms with Crippen LogP contribution in [0.3, 0.4) is 0 Å². The average Bonchev–Trinajstić information content (AvgIpc) is 2.33. The highest BCUT2D eigenvalue weighted by Gasteiger charge is 2.42. The summed E-state index contributed by atoms with van der Waals surface area (Å²) >= 11 is 0. The van der Waals surface area contributed by atoms with Gasteiger partial charge >= 0.3 is 0 Å². The molecule has 1 aromatic rings. The van der Waals surface area contributed by atoms with Crippen molar-refractivity contribution in [3.63, 3.8) is 0 Å². The van der Waals surface area contributed by atoms with Crippen molar-refractivity contribution in [3.8, 4) is 5.75 Å². The zero-order valence-corrected chi connectivity index (χ0v) is 11.6. The van der Waals surface area contributed by atoms with Gasteiger partial charge in [0.1, 0.15) is 11.6 Å². The van der Waals surface area contributed by atoms with Crippen LogP contribution in [0.25, 0.3) is 0 Å². The van der Waals surface area contributed by atoms with Gasteiger partial charge in [0, 0.05) is 19.6 Å². The normalized spacial score (nSPS) is 18.4. The van der Waals surface area contributed by atoms with Crippen LogP contribution in [0.4, 0.5) is 4.39 Å². The van der Waals surface area contributed by atoms with Crippen LogP contribution < -0.4 is 4.74 Å². The summed E-state index contributed by atoms with van der Waals surface area (Å²) in [4.78, 5) is 2.23. The molecule has 0 aliphatic carbocycles. The summed E-state index contributed by atoms with van der Waals surface area (Å²) in [7, 11) is 0. The molecule has 0 bridgehead atoms. The zero-order valence-electron chi connectivity index (χ0n) is 11.6. The molecule has 0 amide bonds. The van der Waals surface area contributed by atoms with E-state index in [1.165, 1.54) is 12.1 Å². The third kappa shape index (κ3) is 3.67. The largest absolute Gasteiger partial charge is 0.494 e. The first kappa shape index (κ1) is 14.3. The van der Waals surface area contributed by atoms with Gasteiger partial charge < -0.3 is 9.84 Å². The maximum Gasteiger partial charge on any atom is 0.123 e. The number of hydrogen-bond acceptors (Lipinski definition) is 3. The van der Waals surface area contributed by atoms with Crippen LogP contribution in [0.1, 0.15) is 20.3 Å². The predicted molar refractivity (Wildman–Crippen MR) is 72.7 cm³/mol. The molecule has 1 saturated heterocycles. The molecule has 1 heterocycles. The minimum absolute atomic E-state index is 0.249. The molecule has 4 heteroatoms. The topological polar surface area (TPSA) is 32.7 Å². The Morgan fingerprint density at radius 3 is 2.53 bits per heavy atom. The number of aliphatic hydroxyl groups is 1. The predicted octanol–water partition coefficient (Wildman–Crippen LogP) is 2.30. The third-order valence-corrected chi connectivity index (χ3v) is 3.77. The molecule has 1 aromatic carbocycles. The van der Waals surface area contributed by atoms with Gasteiger partial charge in [-0.15, -0.1) is 0 Å². The number of halogens is 1. The van der Waals surface area contributed by atoms with E-state index in [0.29, 0.717) is 18.3 Å². The molecule has 1 fully saturated rings. The lowest BCUT2D eigenvalue weighted by atomic mass is 9.83. The van der Waals surface area contributed by atoms with Gasteiger partial charge in [-0.2, -0.15) is 0 Å². The molecule has 106 valence electrons. The highest BCUT2D eigenvalue weighted by molar-refractivity contribution is 5.21. The molecule has 2 rings (SSSR count). The van der Waals surface area contributed by atoms with E-state index >= 15 is 0 Å². The van der Waals surface area contributed by atoms with Crippen LogP contribution in [0.15, 0.2) is 24.3 Å². The monoisotopic (exact) mass is 267 g/mol. The first-order valence-corrected chi connectivity index (χ1v) is 6.83. The number of benzene rings is 1. The van der Waals surface area contributed by atoms with E-state index in [0.717, 1.165) is 26.1 Å². The van der Waals surface area contributed by atoms with E-state index in [1.54, 1.807) is 12.1 Å². The summed E-state index contributed by atoms with van der Waals surface area (Å²) in [6, 6.07) is 6.06. The van der Waals surface area contributed by atoms with Crippen molar-refractivity contribution < 1.29 is 14.2 Å². The number of hydrogen-bond donors (Lipinski definition) is 1. The minimum Gasteiger partial charge on any atom is -0.494 e. The van der Waals surface area contributed by atoms with Gasteiger partial charge in [0.25, 0.3) is 0 Å². The summed E-state index contributed by atoms with van der Waals surface area (Å²) in [6.45, 7) is 7.14. The number of likely N-dealkylation sites (tertiary alicyclic amines) is 1. The van der Waals surface area contributed by atoms with Gasteiger partial charge in [0.15, 0.2) is 0 Å². The van der Waals surface area contributed by atoms with E-state index in [2.05, 4.69) is 18.7 Å². The van der Waals surface area contributed by atoms with Gasteiger partial charge in [-0.3, -0.25) is 4.90 Å². The second-order valence-corrected chi connectivity index (χ2v) is 5.62. The molecular formula is C15H22FNO2. The van der Waals surface area contributed by atoms with E-state index in [9.17, 15) is 9.50 Å². The standard InChI is InChI=1S/C15H22FNO2/c1-12(2)15(18)10-17(11-15)8-3-9-19-14-6-4-13(16)5-7-14/h4-7,12,18H,3,8-11H2,1-2H3. The summed E-state index contributed by atoms with van der Waals surface area (Å²) in [5.41, 5.74) is -0.502. The molecule has 0 atom stereocenters. The molecule has 0 saturated carbocycles. The SMILES string of the molecule is CC(C)C1(O)CN(CCCOc2ccc(F)cc2)C1. The molecule has 0 unspecified atom stereocenters. The molecule has 3 nitrogen and oxygen atoms in total. The summed E-state index contributed by atoms with van der Waals surface area (Å²) in [5.74, 6) is 0.754. The Labute approximate surface area is 114 Å². The number of ether oxygens (including phenoxy) is 1. The molecule has 1 aliphatic rings. The van der Waals surface area contributed by atoms with E-state index in [-0.39, 0.29) is 5.82 Å². The van der Waals surface area contributed by atoms with Crippen molar-refractivity contribution in [3.05, 3.63) is 30.1 Å². The Hall–Kier alpha value is -1.13. The lowest BCUT2D eigenvalue weighted by Crippen LogP contribution is -2.64. The third-order valence-electron chi connectivity index (χ3n) is 3.77. The molecule has 1 aliphatic heterocycles. The number of nitrogens with zero attached hydrogens (tertiary/aromatic N) is 1. The van der Waals surface area contributed by atoms with Crippen molar-refractivity contribution in [1.29, 1.82) is 0 Å². The van der Waals surface area contributed by atoms with Gasteiger partial charge in [-0.05, 0) is 36.6 Å². The lowest BCUT2D eigenvalue weighted by Gasteiger charge is -2.49. The highest BCUT2D eigenvalue weighted by atomic mass is 19.1. The molecule has 0 spiro atoms. The van der Waals surface area contributed by atoms with Crippen LogP contribution in [0, 0.1) is 11.7 Å². The fraction of sp³-hybridized carbons (Fsp3) is 0.600. The number of rotatable bonds is 6. The fourth-order valence-electron chi connectivity index (χ4n) is 2.26. The molecule has 0 aromatic heterocycles. The molecule has 19 heavy (non-hydrogen) atoms. The first-order chi connectivity index (χ1) is 8.99. The number of β-amino-alcohol motifs (C(OH)–C–C–N with tert-alkyl or cyclic N) is 1. The van der Waals surface area contributed by atoms with Crippen LogP contribution >= 0.6 is 0 Å². The van der Waals surface area contributed by atoms with E-state index < -0.39 is 5.60 Å². The van der Waals surface area contributed by atoms with Crippen molar-refractivity contribution >= 4 is 0 Å². The van der Waals surface area contributed by atoms with Crippen molar-refractivity contribution in [2.24, 2.45) is 5.92 Å². The summed E-state index contributed by atoms with van der Waals surface area (Å²) in [6.07, 6.45) is 0.908. The van der Waals surface area contributed by atoms with Gasteiger partial charge in [0.2, 0.25) is 0 Å². The van der Waals surface area contributed by atoms with Crippen LogP contribution in [-0.2, 0) is 0 Å². The Bertz CT molecular complexity index is 399. The van der Waals surface area contributed by atoms with E-state index in [1.807, 2.05) is 0 Å².